The van der Waals surface area contributed by atoms with Crippen molar-refractivity contribution in [2.45, 2.75) is 25.7 Å². The number of hydrogen-bond donors (Lipinski definition) is 1. The molecule has 1 N–H and O–H groups in total. The molecule has 0 aromatic heterocycles. The Labute approximate surface area is 76.9 Å². The van der Waals surface area contributed by atoms with E-state index in [0.717, 1.165) is 14.2 Å². The lowest BCUT2D eigenvalue weighted by Gasteiger charge is -2.05. The van der Waals surface area contributed by atoms with Crippen LogP contribution in [0.2, 0.25) is 0 Å². The van der Waals surface area contributed by atoms with E-state index in [0.29, 0.717) is 0 Å². The molecule has 1 fully saturated rings. The summed E-state index contributed by atoms with van der Waals surface area (Å²) in [7, 11) is -1.45. The van der Waals surface area contributed by atoms with Crippen molar-refractivity contribution in [1.29, 1.82) is 0 Å². The van der Waals surface area contributed by atoms with Gasteiger partial charge in [0.2, 0.25) is 0 Å². The van der Waals surface area contributed by atoms with E-state index >= 15 is 0 Å². The fraction of sp³-hybridized carbons (Fsp3) is 1.00. The van der Waals surface area contributed by atoms with Crippen molar-refractivity contribution in [1.82, 2.24) is 0 Å². The van der Waals surface area contributed by atoms with Gasteiger partial charge in [-0.3, -0.25) is 9.05 Å². The van der Waals surface area contributed by atoms with Crippen molar-refractivity contribution in [3.63, 3.8) is 0 Å². The summed E-state index contributed by atoms with van der Waals surface area (Å²) >= 11 is 0. The number of hydrogen-bond acceptors (Lipinski definition) is 3. The third kappa shape index (κ3) is 8.63. The minimum absolute atomic E-state index is 0. The van der Waals surface area contributed by atoms with Crippen LogP contribution in [-0.4, -0.2) is 19.1 Å². The molecule has 0 aromatic carbocycles. The molecule has 0 spiro atoms. The topological polar surface area (TPSA) is 55.8 Å². The molecule has 0 bridgehead atoms. The summed E-state index contributed by atoms with van der Waals surface area (Å²) in [5.74, 6) is 0. The molecule has 1 aliphatic rings. The minimum atomic E-state index is -3.65. The normalized spacial score (nSPS) is 14.9. The maximum absolute atomic E-state index is 10.1. The van der Waals surface area contributed by atoms with Crippen LogP contribution in [0.4, 0.5) is 0 Å². The largest absolute Gasteiger partial charge is 0.471 e. The van der Waals surface area contributed by atoms with Crippen LogP contribution in [0.1, 0.15) is 25.7 Å². The summed E-state index contributed by atoms with van der Waals surface area (Å²) in [6.45, 7) is 0. The molecule has 1 atom stereocenters. The van der Waals surface area contributed by atoms with Crippen molar-refractivity contribution in [3.05, 3.63) is 0 Å². The van der Waals surface area contributed by atoms with Gasteiger partial charge in [0.05, 0.1) is 0 Å². The summed E-state index contributed by atoms with van der Waals surface area (Å²) in [5.41, 5.74) is 0. The molecule has 6 heteroatoms. The number of phosphoric acid groups is 1. The molecule has 12 heavy (non-hydrogen) atoms. The van der Waals surface area contributed by atoms with E-state index in [1.165, 1.54) is 25.7 Å². The van der Waals surface area contributed by atoms with Gasteiger partial charge in [-0.2, -0.15) is 9.90 Å². The Morgan fingerprint density at radius 1 is 1.08 bits per heavy atom. The molecule has 4 nitrogen and oxygen atoms in total. The Morgan fingerprint density at radius 3 is 1.33 bits per heavy atom. The van der Waals surface area contributed by atoms with Crippen molar-refractivity contribution >= 4 is 17.7 Å². The molecule has 0 heterocycles. The van der Waals surface area contributed by atoms with Crippen molar-refractivity contribution in [2.75, 3.05) is 14.2 Å². The van der Waals surface area contributed by atoms with Gasteiger partial charge in [-0.1, -0.05) is 25.7 Å². The highest BCUT2D eigenvalue weighted by Crippen LogP contribution is 2.40. The van der Waals surface area contributed by atoms with E-state index in [9.17, 15) is 4.57 Å². The van der Waals surface area contributed by atoms with E-state index in [1.54, 1.807) is 0 Å². The Kier molecular flexibility index (Phi) is 10.2. The Morgan fingerprint density at radius 2 is 1.33 bits per heavy atom. The SMILES string of the molecule is C1CCC1.COP(=O)(O)OC.P. The molecule has 76 valence electrons. The van der Waals surface area contributed by atoms with Crippen LogP contribution in [0.3, 0.4) is 0 Å². The van der Waals surface area contributed by atoms with E-state index in [1.807, 2.05) is 0 Å². The Hall–Kier alpha value is 0.540. The predicted octanol–water partition coefficient (Wildman–Crippen LogP) is 2.00. The second-order valence-electron chi connectivity index (χ2n) is 2.25. The summed E-state index contributed by atoms with van der Waals surface area (Å²) < 4.78 is 18.0. The monoisotopic (exact) mass is 216 g/mol. The van der Waals surface area contributed by atoms with Gasteiger partial charge in [0.1, 0.15) is 0 Å². The standard InChI is InChI=1S/C4H8.C2H7O4P.H3P/c1-2-4-3-1;1-5-7(3,4)6-2;/h1-4H2;1-2H3,(H,3,4);1H3. The molecule has 1 unspecified atom stereocenters. The molecule has 0 radical (unpaired) electrons. The highest BCUT2D eigenvalue weighted by Gasteiger charge is 2.13. The van der Waals surface area contributed by atoms with Crippen LogP contribution in [0.25, 0.3) is 0 Å². The molecule has 1 rings (SSSR count). The van der Waals surface area contributed by atoms with Crippen LogP contribution in [-0.2, 0) is 13.6 Å². The van der Waals surface area contributed by atoms with Crippen molar-refractivity contribution < 1.29 is 18.5 Å². The van der Waals surface area contributed by atoms with Gasteiger partial charge in [0.15, 0.2) is 0 Å². The molecule has 0 aromatic rings. The summed E-state index contributed by atoms with van der Waals surface area (Å²) in [5, 5.41) is 0. The Balaban J connectivity index is 0. The first-order valence-electron chi connectivity index (χ1n) is 3.56. The van der Waals surface area contributed by atoms with Crippen LogP contribution < -0.4 is 0 Å². The van der Waals surface area contributed by atoms with Gasteiger partial charge in [-0.25, -0.2) is 4.57 Å². The molecule has 0 saturated heterocycles. The van der Waals surface area contributed by atoms with Crippen molar-refractivity contribution in [2.24, 2.45) is 0 Å². The fourth-order valence-electron chi connectivity index (χ4n) is 0.325. The highest BCUT2D eigenvalue weighted by atomic mass is 31.2. The van der Waals surface area contributed by atoms with Crippen LogP contribution in [0.15, 0.2) is 0 Å². The van der Waals surface area contributed by atoms with Gasteiger partial charge in [-0.15, -0.1) is 0 Å². The smallest absolute Gasteiger partial charge is 0.303 e. The lowest BCUT2D eigenvalue weighted by molar-refractivity contribution is 0.204. The lowest BCUT2D eigenvalue weighted by Crippen LogP contribution is -1.85. The third-order valence-corrected chi connectivity index (χ3v) is 2.38. The van der Waals surface area contributed by atoms with E-state index < -0.39 is 7.82 Å². The molecular formula is C6H18O4P2. The average molecular weight is 216 g/mol. The van der Waals surface area contributed by atoms with Gasteiger partial charge in [0.25, 0.3) is 0 Å². The predicted molar refractivity (Wildman–Crippen MR) is 53.4 cm³/mol. The number of phosphoric ester groups is 1. The van der Waals surface area contributed by atoms with Gasteiger partial charge < -0.3 is 4.89 Å². The fourth-order valence-corrected chi connectivity index (χ4v) is 0.474. The first kappa shape index (κ1) is 15.0. The zero-order valence-electron chi connectivity index (χ0n) is 7.65. The van der Waals surface area contributed by atoms with Gasteiger partial charge in [0, 0.05) is 14.2 Å². The first-order valence-corrected chi connectivity index (χ1v) is 5.06. The molecule has 1 saturated carbocycles. The van der Waals surface area contributed by atoms with Crippen molar-refractivity contribution in [3.8, 4) is 0 Å². The van der Waals surface area contributed by atoms with Gasteiger partial charge >= 0.3 is 7.82 Å². The summed E-state index contributed by atoms with van der Waals surface area (Å²) in [6.07, 6.45) is 6.00. The molecule has 0 aliphatic heterocycles. The lowest BCUT2D eigenvalue weighted by atomic mass is 10.0. The summed E-state index contributed by atoms with van der Waals surface area (Å²) in [4.78, 5) is 8.24. The zero-order chi connectivity index (χ0) is 8.74. The van der Waals surface area contributed by atoms with E-state index in [4.69, 9.17) is 4.89 Å². The third-order valence-electron chi connectivity index (χ3n) is 1.46. The van der Waals surface area contributed by atoms with Gasteiger partial charge in [-0.05, 0) is 0 Å². The van der Waals surface area contributed by atoms with Crippen LogP contribution in [0.5, 0.6) is 0 Å². The Bertz CT molecular complexity index is 124. The minimum Gasteiger partial charge on any atom is -0.303 e. The van der Waals surface area contributed by atoms with Crippen LogP contribution >= 0.6 is 17.7 Å². The molecule has 1 aliphatic carbocycles. The summed E-state index contributed by atoms with van der Waals surface area (Å²) in [6, 6.07) is 0. The quantitative estimate of drug-likeness (QED) is 0.717. The van der Waals surface area contributed by atoms with E-state index in [-0.39, 0.29) is 9.90 Å². The first-order chi connectivity index (χ1) is 5.12. The average Bonchev–Trinajstić information content (AvgIpc) is 1.85. The highest BCUT2D eigenvalue weighted by molar-refractivity contribution is 7.47. The maximum Gasteiger partial charge on any atom is 0.471 e. The second-order valence-corrected chi connectivity index (χ2v) is 3.92. The molecular weight excluding hydrogens is 198 g/mol. The number of rotatable bonds is 2. The van der Waals surface area contributed by atoms with E-state index in [2.05, 4.69) is 9.05 Å². The second kappa shape index (κ2) is 8.15. The van der Waals surface area contributed by atoms with Crippen LogP contribution in [0, 0.1) is 0 Å². The zero-order valence-corrected chi connectivity index (χ0v) is 9.96. The molecule has 0 amide bonds. The maximum atomic E-state index is 10.1.